The van der Waals surface area contributed by atoms with E-state index in [0.29, 0.717) is 0 Å². The van der Waals surface area contributed by atoms with E-state index in [1.807, 2.05) is 0 Å². The number of hydrogen-bond donors (Lipinski definition) is 1. The Hall–Kier alpha value is -1.61. The predicted octanol–water partition coefficient (Wildman–Crippen LogP) is 2.71. The number of benzene rings is 1. The molecule has 0 heterocycles. The summed E-state index contributed by atoms with van der Waals surface area (Å²) < 4.78 is 69.3. The molecule has 9 heteroatoms. The van der Waals surface area contributed by atoms with E-state index in [1.165, 1.54) is 6.07 Å². The molecule has 1 unspecified atom stereocenters. The Labute approximate surface area is 139 Å². The molecule has 5 nitrogen and oxygen atoms in total. The molecule has 24 heavy (non-hydrogen) atoms. The molecule has 0 aliphatic heterocycles. The maximum atomic E-state index is 12.7. The van der Waals surface area contributed by atoms with Gasteiger partial charge in [0.25, 0.3) is 0 Å². The SMILES string of the molecule is COC(=O)C(NS(=O)(=O)Cc1cccc(C(F)(F)F)c1)C(C)(C)C. The first-order valence-corrected chi connectivity index (χ1v) is 8.65. The van der Waals surface area contributed by atoms with Crippen LogP contribution in [0.1, 0.15) is 31.9 Å². The third-order valence-corrected chi connectivity index (χ3v) is 4.52. The van der Waals surface area contributed by atoms with Gasteiger partial charge in [0.15, 0.2) is 0 Å². The second-order valence-corrected chi connectivity index (χ2v) is 8.15. The number of rotatable bonds is 5. The van der Waals surface area contributed by atoms with Crippen LogP contribution in [-0.4, -0.2) is 27.5 Å². The summed E-state index contributed by atoms with van der Waals surface area (Å²) in [6.45, 7) is 4.92. The van der Waals surface area contributed by atoms with Crippen LogP contribution in [-0.2, 0) is 31.5 Å². The molecular formula is C15H20F3NO4S. The Morgan fingerprint density at radius 2 is 1.83 bits per heavy atom. The number of methoxy groups -OCH3 is 1. The van der Waals surface area contributed by atoms with Crippen LogP contribution in [0.3, 0.4) is 0 Å². The van der Waals surface area contributed by atoms with Gasteiger partial charge >= 0.3 is 12.1 Å². The van der Waals surface area contributed by atoms with E-state index in [4.69, 9.17) is 0 Å². The Kier molecular flexibility index (Phi) is 6.05. The predicted molar refractivity (Wildman–Crippen MR) is 82.5 cm³/mol. The summed E-state index contributed by atoms with van der Waals surface area (Å²) in [6.07, 6.45) is -4.56. The van der Waals surface area contributed by atoms with E-state index in [9.17, 15) is 26.4 Å². The van der Waals surface area contributed by atoms with Crippen LogP contribution in [0.2, 0.25) is 0 Å². The zero-order valence-electron chi connectivity index (χ0n) is 13.8. The van der Waals surface area contributed by atoms with Crippen LogP contribution >= 0.6 is 0 Å². The molecule has 1 aromatic rings. The van der Waals surface area contributed by atoms with Crippen molar-refractivity contribution in [1.82, 2.24) is 4.72 Å². The molecule has 0 saturated heterocycles. The van der Waals surface area contributed by atoms with Gasteiger partial charge in [-0.05, 0) is 17.0 Å². The minimum Gasteiger partial charge on any atom is -0.468 e. The maximum Gasteiger partial charge on any atom is 0.416 e. The van der Waals surface area contributed by atoms with Gasteiger partial charge in [0.05, 0.1) is 18.4 Å². The van der Waals surface area contributed by atoms with Gasteiger partial charge < -0.3 is 4.74 Å². The van der Waals surface area contributed by atoms with Crippen molar-refractivity contribution < 1.29 is 31.1 Å². The Morgan fingerprint density at radius 3 is 2.29 bits per heavy atom. The summed E-state index contributed by atoms with van der Waals surface area (Å²) in [7, 11) is -2.93. The molecule has 0 fully saturated rings. The average Bonchev–Trinajstić information content (AvgIpc) is 2.42. The average molecular weight is 367 g/mol. The van der Waals surface area contributed by atoms with Gasteiger partial charge in [-0.2, -0.15) is 13.2 Å². The van der Waals surface area contributed by atoms with Gasteiger partial charge in [-0.15, -0.1) is 0 Å². The number of carbonyl (C=O) groups is 1. The lowest BCUT2D eigenvalue weighted by Crippen LogP contribution is -2.49. The molecule has 1 atom stereocenters. The Morgan fingerprint density at radius 1 is 1.25 bits per heavy atom. The number of sulfonamides is 1. The largest absolute Gasteiger partial charge is 0.468 e. The number of esters is 1. The first-order valence-electron chi connectivity index (χ1n) is 7.00. The van der Waals surface area contributed by atoms with Crippen molar-refractivity contribution in [3.63, 3.8) is 0 Å². The van der Waals surface area contributed by atoms with Gasteiger partial charge in [-0.1, -0.05) is 39.0 Å². The van der Waals surface area contributed by atoms with Gasteiger partial charge in [-0.3, -0.25) is 4.79 Å². The van der Waals surface area contributed by atoms with Gasteiger partial charge in [0, 0.05) is 0 Å². The molecule has 0 spiro atoms. The molecule has 0 radical (unpaired) electrons. The highest BCUT2D eigenvalue weighted by molar-refractivity contribution is 7.88. The lowest BCUT2D eigenvalue weighted by atomic mass is 9.87. The fourth-order valence-electron chi connectivity index (χ4n) is 1.97. The van der Waals surface area contributed by atoms with Crippen molar-refractivity contribution in [1.29, 1.82) is 0 Å². The molecule has 1 aromatic carbocycles. The van der Waals surface area contributed by atoms with Crippen molar-refractivity contribution in [2.45, 2.75) is 38.7 Å². The Balaban J connectivity index is 3.03. The van der Waals surface area contributed by atoms with Crippen LogP contribution in [0.5, 0.6) is 0 Å². The maximum absolute atomic E-state index is 12.7. The second-order valence-electron chi connectivity index (χ2n) is 6.40. The highest BCUT2D eigenvalue weighted by atomic mass is 32.2. The highest BCUT2D eigenvalue weighted by Crippen LogP contribution is 2.30. The fraction of sp³-hybridized carbons (Fsp3) is 0.533. The first kappa shape index (κ1) is 20.4. The number of alkyl halides is 3. The van der Waals surface area contributed by atoms with E-state index < -0.39 is 44.9 Å². The number of ether oxygens (including phenoxy) is 1. The third-order valence-electron chi connectivity index (χ3n) is 3.21. The standard InChI is InChI=1S/C15H20F3NO4S/c1-14(2,3)12(13(20)23-4)19-24(21,22)9-10-6-5-7-11(8-10)15(16,17)18/h5-8,12,19H,9H2,1-4H3. The van der Waals surface area contributed by atoms with Crippen LogP contribution in [0, 0.1) is 5.41 Å². The van der Waals surface area contributed by atoms with E-state index in [1.54, 1.807) is 20.8 Å². The monoisotopic (exact) mass is 367 g/mol. The summed E-state index contributed by atoms with van der Waals surface area (Å²) in [5.74, 6) is -1.45. The molecule has 0 aliphatic carbocycles. The van der Waals surface area contributed by atoms with Gasteiger partial charge in [0.1, 0.15) is 6.04 Å². The Bertz CT molecular complexity index is 693. The molecule has 0 amide bonds. The summed E-state index contributed by atoms with van der Waals surface area (Å²) in [5, 5.41) is 0. The normalized spacial score (nSPS) is 14.3. The zero-order chi connectivity index (χ0) is 18.8. The van der Waals surface area contributed by atoms with E-state index in [-0.39, 0.29) is 5.56 Å². The van der Waals surface area contributed by atoms with E-state index in [2.05, 4.69) is 9.46 Å². The smallest absolute Gasteiger partial charge is 0.416 e. The van der Waals surface area contributed by atoms with Crippen molar-refractivity contribution >= 4 is 16.0 Å². The number of carbonyl (C=O) groups excluding carboxylic acids is 1. The fourth-order valence-corrected chi connectivity index (χ4v) is 3.48. The highest BCUT2D eigenvalue weighted by Gasteiger charge is 2.36. The van der Waals surface area contributed by atoms with Crippen molar-refractivity contribution in [2.75, 3.05) is 7.11 Å². The molecule has 1 rings (SSSR count). The van der Waals surface area contributed by atoms with Gasteiger partial charge in [-0.25, -0.2) is 13.1 Å². The number of nitrogens with one attached hydrogen (secondary N) is 1. The summed E-state index contributed by atoms with van der Waals surface area (Å²) in [4.78, 5) is 11.8. The minimum absolute atomic E-state index is 0.0325. The van der Waals surface area contributed by atoms with Crippen LogP contribution in [0.25, 0.3) is 0 Å². The molecule has 0 aromatic heterocycles. The summed E-state index contributed by atoms with van der Waals surface area (Å²) in [5.41, 5.74) is -1.74. The lowest BCUT2D eigenvalue weighted by molar-refractivity contribution is -0.145. The van der Waals surface area contributed by atoms with Crippen molar-refractivity contribution in [3.8, 4) is 0 Å². The minimum atomic E-state index is -4.56. The quantitative estimate of drug-likeness (QED) is 0.813. The van der Waals surface area contributed by atoms with Gasteiger partial charge in [0.2, 0.25) is 10.0 Å². The number of hydrogen-bond acceptors (Lipinski definition) is 4. The third kappa shape index (κ3) is 5.79. The summed E-state index contributed by atoms with van der Waals surface area (Å²) >= 11 is 0. The second kappa shape index (κ2) is 7.10. The zero-order valence-corrected chi connectivity index (χ0v) is 14.6. The number of halogens is 3. The first-order chi connectivity index (χ1) is 10.8. The molecule has 1 N–H and O–H groups in total. The summed E-state index contributed by atoms with van der Waals surface area (Å²) in [6, 6.07) is 2.88. The molecule has 0 bridgehead atoms. The van der Waals surface area contributed by atoms with E-state index in [0.717, 1.165) is 25.3 Å². The van der Waals surface area contributed by atoms with E-state index >= 15 is 0 Å². The molecule has 136 valence electrons. The molecule has 0 aliphatic rings. The van der Waals surface area contributed by atoms with Crippen molar-refractivity contribution in [3.05, 3.63) is 35.4 Å². The van der Waals surface area contributed by atoms with Crippen LogP contribution < -0.4 is 4.72 Å². The van der Waals surface area contributed by atoms with Crippen LogP contribution in [0.15, 0.2) is 24.3 Å². The molecular weight excluding hydrogens is 347 g/mol. The molecule has 0 saturated carbocycles. The van der Waals surface area contributed by atoms with Crippen LogP contribution in [0.4, 0.5) is 13.2 Å². The lowest BCUT2D eigenvalue weighted by Gasteiger charge is -2.28. The van der Waals surface area contributed by atoms with Crippen molar-refractivity contribution in [2.24, 2.45) is 5.41 Å². The topological polar surface area (TPSA) is 72.5 Å².